The largest absolute Gasteiger partial charge is 0.379 e. The van der Waals surface area contributed by atoms with E-state index in [1.165, 1.54) is 5.01 Å². The lowest BCUT2D eigenvalue weighted by atomic mass is 9.69. The van der Waals surface area contributed by atoms with E-state index in [0.717, 1.165) is 58.3 Å². The number of nitrogens with one attached hydrogen (secondary N) is 1. The summed E-state index contributed by atoms with van der Waals surface area (Å²) in [5.74, 6) is 0.532. The van der Waals surface area contributed by atoms with E-state index in [1.54, 1.807) is 11.3 Å². The third kappa shape index (κ3) is 3.44. The maximum absolute atomic E-state index is 12.2. The van der Waals surface area contributed by atoms with Crippen LogP contribution < -0.4 is 5.32 Å². The van der Waals surface area contributed by atoms with Crippen LogP contribution in [-0.4, -0.2) is 48.1 Å². The summed E-state index contributed by atoms with van der Waals surface area (Å²) >= 11 is 1.73. The van der Waals surface area contributed by atoms with E-state index in [0.29, 0.717) is 6.61 Å². The lowest BCUT2D eigenvalue weighted by Gasteiger charge is -2.49. The third-order valence-corrected chi connectivity index (χ3v) is 6.49. The van der Waals surface area contributed by atoms with E-state index in [9.17, 15) is 4.79 Å². The third-order valence-electron chi connectivity index (χ3n) is 5.73. The zero-order valence-corrected chi connectivity index (χ0v) is 14.3. The average molecular weight is 335 g/mol. The molecule has 6 heteroatoms. The van der Waals surface area contributed by atoms with Crippen molar-refractivity contribution in [3.8, 4) is 0 Å². The Morgan fingerprint density at radius 3 is 2.91 bits per heavy atom. The molecule has 3 fully saturated rings. The van der Waals surface area contributed by atoms with Crippen molar-refractivity contribution in [2.45, 2.75) is 44.7 Å². The minimum Gasteiger partial charge on any atom is -0.379 e. The molecule has 1 spiro atoms. The van der Waals surface area contributed by atoms with Gasteiger partial charge in [-0.3, -0.25) is 9.69 Å². The summed E-state index contributed by atoms with van der Waals surface area (Å²) in [7, 11) is 0. The number of thiazole rings is 1. The molecule has 1 aromatic heterocycles. The van der Waals surface area contributed by atoms with Crippen LogP contribution in [0, 0.1) is 11.3 Å². The molecule has 0 aromatic carbocycles. The molecule has 1 atom stereocenters. The van der Waals surface area contributed by atoms with Crippen molar-refractivity contribution in [3.63, 3.8) is 0 Å². The summed E-state index contributed by atoms with van der Waals surface area (Å²) in [5, 5.41) is 6.55. The maximum Gasteiger partial charge on any atom is 0.223 e. The molecule has 1 amide bonds. The fourth-order valence-electron chi connectivity index (χ4n) is 3.93. The highest BCUT2D eigenvalue weighted by Crippen LogP contribution is 2.42. The van der Waals surface area contributed by atoms with E-state index < -0.39 is 0 Å². The number of piperidine rings is 1. The first-order valence-corrected chi connectivity index (χ1v) is 9.62. The van der Waals surface area contributed by atoms with Crippen LogP contribution in [-0.2, 0) is 16.1 Å². The minimum atomic E-state index is 0.200. The molecular weight excluding hydrogens is 310 g/mol. The topological polar surface area (TPSA) is 54.5 Å². The van der Waals surface area contributed by atoms with Crippen molar-refractivity contribution in [2.24, 2.45) is 11.3 Å². The molecule has 4 rings (SSSR count). The first-order chi connectivity index (χ1) is 11.3. The molecule has 23 heavy (non-hydrogen) atoms. The number of amides is 1. The van der Waals surface area contributed by atoms with Gasteiger partial charge in [0.15, 0.2) is 0 Å². The van der Waals surface area contributed by atoms with E-state index in [-0.39, 0.29) is 23.3 Å². The molecule has 1 saturated carbocycles. The minimum absolute atomic E-state index is 0.200. The first-order valence-electron chi connectivity index (χ1n) is 8.74. The zero-order chi connectivity index (χ0) is 15.7. The highest BCUT2D eigenvalue weighted by Gasteiger charge is 2.45. The van der Waals surface area contributed by atoms with Gasteiger partial charge in [-0.05, 0) is 50.6 Å². The molecule has 0 bridgehead atoms. The molecule has 1 aromatic rings. The van der Waals surface area contributed by atoms with Crippen molar-refractivity contribution >= 4 is 17.2 Å². The molecule has 5 nitrogen and oxygen atoms in total. The second-order valence-electron chi connectivity index (χ2n) is 7.22. The number of nitrogens with zero attached hydrogens (tertiary/aromatic N) is 2. The van der Waals surface area contributed by atoms with Crippen LogP contribution >= 0.6 is 11.3 Å². The quantitative estimate of drug-likeness (QED) is 0.915. The van der Waals surface area contributed by atoms with Crippen LogP contribution in [0.1, 0.15) is 37.1 Å². The molecule has 3 heterocycles. The van der Waals surface area contributed by atoms with Gasteiger partial charge in [0.2, 0.25) is 5.91 Å². The smallest absolute Gasteiger partial charge is 0.223 e. The molecule has 2 aliphatic heterocycles. The Bertz CT molecular complexity index is 536. The lowest BCUT2D eigenvalue weighted by Crippen LogP contribution is -2.57. The summed E-state index contributed by atoms with van der Waals surface area (Å²) in [6, 6.07) is 0.200. The van der Waals surface area contributed by atoms with Crippen molar-refractivity contribution in [3.05, 3.63) is 16.6 Å². The van der Waals surface area contributed by atoms with Gasteiger partial charge in [-0.1, -0.05) is 0 Å². The van der Waals surface area contributed by atoms with E-state index in [2.05, 4.69) is 15.2 Å². The van der Waals surface area contributed by atoms with Gasteiger partial charge in [-0.2, -0.15) is 0 Å². The molecule has 1 unspecified atom stereocenters. The number of carbonyl (C=O) groups excluding carboxylic acids is 1. The predicted molar refractivity (Wildman–Crippen MR) is 89.1 cm³/mol. The Hall–Kier alpha value is -0.980. The van der Waals surface area contributed by atoms with Gasteiger partial charge < -0.3 is 10.1 Å². The number of rotatable bonds is 4. The fourth-order valence-corrected chi connectivity index (χ4v) is 4.59. The number of hydrogen-bond acceptors (Lipinski definition) is 5. The second-order valence-corrected chi connectivity index (χ2v) is 8.20. The van der Waals surface area contributed by atoms with Gasteiger partial charge >= 0.3 is 0 Å². The summed E-state index contributed by atoms with van der Waals surface area (Å²) < 4.78 is 5.69. The molecular formula is C17H25N3O2S. The van der Waals surface area contributed by atoms with Gasteiger partial charge in [0.05, 0.1) is 19.2 Å². The van der Waals surface area contributed by atoms with Crippen LogP contribution in [0.5, 0.6) is 0 Å². The summed E-state index contributed by atoms with van der Waals surface area (Å²) in [5.41, 5.74) is 0.238. The van der Waals surface area contributed by atoms with Crippen LogP contribution in [0.2, 0.25) is 0 Å². The number of aromatic nitrogens is 1. The standard InChI is InChI=1S/C17H25N3O2S/c21-16(13-1-2-13)19-14-12-22-9-5-17(14)3-7-20(8-4-17)11-15-18-6-10-23-15/h6,10,13-14H,1-5,7-9,11-12H2,(H,19,21). The van der Waals surface area contributed by atoms with Gasteiger partial charge in [-0.25, -0.2) is 4.98 Å². The van der Waals surface area contributed by atoms with E-state index >= 15 is 0 Å². The van der Waals surface area contributed by atoms with Gasteiger partial charge in [0.1, 0.15) is 5.01 Å². The molecule has 126 valence electrons. The fraction of sp³-hybridized carbons (Fsp3) is 0.765. The average Bonchev–Trinajstić information content (AvgIpc) is 3.30. The maximum atomic E-state index is 12.2. The van der Waals surface area contributed by atoms with Crippen LogP contribution in [0.3, 0.4) is 0 Å². The molecule has 3 aliphatic rings. The molecule has 1 N–H and O–H groups in total. The van der Waals surface area contributed by atoms with Crippen molar-refractivity contribution in [2.75, 3.05) is 26.3 Å². The summed E-state index contributed by atoms with van der Waals surface area (Å²) in [6.45, 7) is 4.67. The molecule has 2 saturated heterocycles. The SMILES string of the molecule is O=C(NC1COCCC12CCN(Cc1nccs1)CC2)C1CC1. The van der Waals surface area contributed by atoms with Crippen molar-refractivity contribution in [1.29, 1.82) is 0 Å². The summed E-state index contributed by atoms with van der Waals surface area (Å²) in [6.07, 6.45) is 7.39. The van der Waals surface area contributed by atoms with E-state index in [4.69, 9.17) is 4.74 Å². The predicted octanol–water partition coefficient (Wildman–Crippen LogP) is 2.04. The van der Waals surface area contributed by atoms with Crippen molar-refractivity contribution < 1.29 is 9.53 Å². The first kappa shape index (κ1) is 15.5. The Labute approximate surface area is 141 Å². The summed E-state index contributed by atoms with van der Waals surface area (Å²) in [4.78, 5) is 19.1. The van der Waals surface area contributed by atoms with E-state index in [1.807, 2.05) is 11.6 Å². The number of ether oxygens (including phenoxy) is 1. The Morgan fingerprint density at radius 1 is 1.39 bits per heavy atom. The monoisotopic (exact) mass is 335 g/mol. The normalized spacial score (nSPS) is 27.9. The number of hydrogen-bond donors (Lipinski definition) is 1. The van der Waals surface area contributed by atoms with Crippen LogP contribution in [0.25, 0.3) is 0 Å². The van der Waals surface area contributed by atoms with Gasteiger partial charge in [0.25, 0.3) is 0 Å². The second kappa shape index (κ2) is 6.49. The Morgan fingerprint density at radius 2 is 2.22 bits per heavy atom. The highest BCUT2D eigenvalue weighted by molar-refractivity contribution is 7.09. The number of likely N-dealkylation sites (tertiary alicyclic amines) is 1. The van der Waals surface area contributed by atoms with Crippen LogP contribution in [0.4, 0.5) is 0 Å². The van der Waals surface area contributed by atoms with Crippen LogP contribution in [0.15, 0.2) is 11.6 Å². The van der Waals surface area contributed by atoms with Gasteiger partial charge in [0, 0.05) is 24.1 Å². The van der Waals surface area contributed by atoms with Crippen molar-refractivity contribution in [1.82, 2.24) is 15.2 Å². The Balaban J connectivity index is 1.37. The number of carbonyl (C=O) groups is 1. The van der Waals surface area contributed by atoms with Gasteiger partial charge in [-0.15, -0.1) is 11.3 Å². The molecule has 0 radical (unpaired) electrons. The lowest BCUT2D eigenvalue weighted by molar-refractivity contribution is -0.127. The highest BCUT2D eigenvalue weighted by atomic mass is 32.1. The molecule has 1 aliphatic carbocycles. The zero-order valence-electron chi connectivity index (χ0n) is 13.5. The Kier molecular flexibility index (Phi) is 4.39.